The van der Waals surface area contributed by atoms with Gasteiger partial charge in [-0.3, -0.25) is 9.79 Å². The number of aromatic nitrogens is 1. The van der Waals surface area contributed by atoms with Crippen LogP contribution in [0.5, 0.6) is 0 Å². The Kier molecular flexibility index (Phi) is 7.84. The fourth-order valence-corrected chi connectivity index (χ4v) is 3.64. The SMILES string of the molecule is CN=C(NCc1csc(N(C)C)n1)NCC1CC(=O)Nc2ccccc21.I. The van der Waals surface area contributed by atoms with E-state index in [0.29, 0.717) is 25.5 Å². The number of halogens is 1. The van der Waals surface area contributed by atoms with Gasteiger partial charge in [0, 0.05) is 51.1 Å². The monoisotopic (exact) mass is 500 g/mol. The largest absolute Gasteiger partial charge is 0.356 e. The van der Waals surface area contributed by atoms with E-state index < -0.39 is 0 Å². The molecule has 1 aromatic heterocycles. The first-order valence-corrected chi connectivity index (χ1v) is 9.40. The number of carbonyl (C=O) groups is 1. The standard InChI is InChI=1S/C18H24N6OS.HI/c1-19-17(21-10-13-11-26-18(22-13)24(2)3)20-9-12-8-16(25)23-15-7-5-4-6-14(12)15;/h4-7,11-12H,8-10H2,1-3H3,(H,23,25)(H2,19,20,21);1H. The predicted octanol–water partition coefficient (Wildman–Crippen LogP) is 2.62. The minimum atomic E-state index is 0. The molecular weight excluding hydrogens is 475 g/mol. The van der Waals surface area contributed by atoms with Crippen molar-refractivity contribution < 1.29 is 4.79 Å². The van der Waals surface area contributed by atoms with E-state index in [4.69, 9.17) is 0 Å². The lowest BCUT2D eigenvalue weighted by Crippen LogP contribution is -2.40. The summed E-state index contributed by atoms with van der Waals surface area (Å²) in [7, 11) is 5.70. The van der Waals surface area contributed by atoms with E-state index in [1.54, 1.807) is 18.4 Å². The topological polar surface area (TPSA) is 81.7 Å². The third-order valence-corrected chi connectivity index (χ3v) is 5.26. The molecule has 0 aliphatic carbocycles. The highest BCUT2D eigenvalue weighted by Gasteiger charge is 2.24. The molecule has 0 bridgehead atoms. The zero-order valence-electron chi connectivity index (χ0n) is 15.7. The second-order valence-electron chi connectivity index (χ2n) is 6.36. The summed E-state index contributed by atoms with van der Waals surface area (Å²) in [6, 6.07) is 7.94. The average Bonchev–Trinajstić information content (AvgIpc) is 3.11. The first-order valence-electron chi connectivity index (χ1n) is 8.52. The number of anilines is 2. The van der Waals surface area contributed by atoms with Crippen molar-refractivity contribution in [3.8, 4) is 0 Å². The smallest absolute Gasteiger partial charge is 0.225 e. The number of hydrogen-bond donors (Lipinski definition) is 3. The fourth-order valence-electron chi connectivity index (χ4n) is 2.88. The van der Waals surface area contributed by atoms with E-state index in [1.165, 1.54) is 0 Å². The van der Waals surface area contributed by atoms with Crippen LogP contribution >= 0.6 is 35.3 Å². The van der Waals surface area contributed by atoms with Gasteiger partial charge in [-0.15, -0.1) is 35.3 Å². The highest BCUT2D eigenvalue weighted by molar-refractivity contribution is 14.0. The molecule has 1 aliphatic rings. The molecule has 0 fully saturated rings. The number of fused-ring (bicyclic) bond motifs is 1. The van der Waals surface area contributed by atoms with E-state index in [9.17, 15) is 4.79 Å². The van der Waals surface area contributed by atoms with Gasteiger partial charge in [-0.05, 0) is 11.6 Å². The zero-order valence-corrected chi connectivity index (χ0v) is 18.8. The Morgan fingerprint density at radius 2 is 2.15 bits per heavy atom. The zero-order chi connectivity index (χ0) is 18.5. The van der Waals surface area contributed by atoms with Crippen LogP contribution < -0.4 is 20.9 Å². The van der Waals surface area contributed by atoms with Gasteiger partial charge in [0.1, 0.15) is 0 Å². The Labute approximate surface area is 180 Å². The maximum Gasteiger partial charge on any atom is 0.225 e. The lowest BCUT2D eigenvalue weighted by molar-refractivity contribution is -0.116. The first-order chi connectivity index (χ1) is 12.6. The maximum atomic E-state index is 11.9. The second kappa shape index (κ2) is 9.88. The minimum absolute atomic E-state index is 0. The number of hydrogen-bond acceptors (Lipinski definition) is 5. The number of thiazole rings is 1. The minimum Gasteiger partial charge on any atom is -0.356 e. The molecule has 27 heavy (non-hydrogen) atoms. The average molecular weight is 500 g/mol. The number of rotatable bonds is 5. The molecule has 146 valence electrons. The Morgan fingerprint density at radius 3 is 2.85 bits per heavy atom. The van der Waals surface area contributed by atoms with Crippen molar-refractivity contribution in [2.24, 2.45) is 4.99 Å². The normalized spacial score (nSPS) is 16.0. The summed E-state index contributed by atoms with van der Waals surface area (Å²) in [5.41, 5.74) is 3.03. The van der Waals surface area contributed by atoms with Crippen molar-refractivity contribution >= 4 is 58.0 Å². The van der Waals surface area contributed by atoms with Crippen molar-refractivity contribution in [3.05, 3.63) is 40.9 Å². The van der Waals surface area contributed by atoms with Crippen LogP contribution in [0, 0.1) is 0 Å². The summed E-state index contributed by atoms with van der Waals surface area (Å²) in [6.07, 6.45) is 0.472. The molecule has 0 saturated heterocycles. The van der Waals surface area contributed by atoms with Gasteiger partial charge in [0.2, 0.25) is 5.91 Å². The summed E-state index contributed by atoms with van der Waals surface area (Å²) < 4.78 is 0. The third-order valence-electron chi connectivity index (χ3n) is 4.21. The molecule has 1 unspecified atom stereocenters. The van der Waals surface area contributed by atoms with Gasteiger partial charge in [-0.1, -0.05) is 18.2 Å². The molecule has 0 radical (unpaired) electrons. The number of guanidine groups is 1. The van der Waals surface area contributed by atoms with Gasteiger partial charge in [0.05, 0.1) is 12.2 Å². The van der Waals surface area contributed by atoms with Crippen molar-refractivity contribution in [1.29, 1.82) is 0 Å². The van der Waals surface area contributed by atoms with Crippen LogP contribution in [-0.2, 0) is 11.3 Å². The molecule has 2 aromatic rings. The van der Waals surface area contributed by atoms with E-state index >= 15 is 0 Å². The van der Waals surface area contributed by atoms with Crippen LogP contribution in [0.1, 0.15) is 23.6 Å². The summed E-state index contributed by atoms with van der Waals surface area (Å²) in [5.74, 6) is 0.878. The van der Waals surface area contributed by atoms with Gasteiger partial charge in [-0.2, -0.15) is 0 Å². The van der Waals surface area contributed by atoms with Gasteiger partial charge in [-0.25, -0.2) is 4.98 Å². The van der Waals surface area contributed by atoms with Crippen LogP contribution in [0.3, 0.4) is 0 Å². The Hall–Kier alpha value is -1.88. The summed E-state index contributed by atoms with van der Waals surface area (Å²) in [4.78, 5) is 22.7. The van der Waals surface area contributed by atoms with E-state index in [1.807, 2.05) is 42.6 Å². The van der Waals surface area contributed by atoms with Gasteiger partial charge < -0.3 is 20.9 Å². The van der Waals surface area contributed by atoms with Gasteiger partial charge >= 0.3 is 0 Å². The lowest BCUT2D eigenvalue weighted by Gasteiger charge is -2.26. The third kappa shape index (κ3) is 5.55. The number of carbonyl (C=O) groups excluding carboxylic acids is 1. The molecule has 0 saturated carbocycles. The fraction of sp³-hybridized carbons (Fsp3) is 0.389. The van der Waals surface area contributed by atoms with E-state index in [-0.39, 0.29) is 35.8 Å². The Morgan fingerprint density at radius 1 is 1.37 bits per heavy atom. The van der Waals surface area contributed by atoms with Crippen LogP contribution in [0.4, 0.5) is 10.8 Å². The van der Waals surface area contributed by atoms with Gasteiger partial charge in [0.25, 0.3) is 0 Å². The van der Waals surface area contributed by atoms with Crippen molar-refractivity contribution in [2.45, 2.75) is 18.9 Å². The summed E-state index contributed by atoms with van der Waals surface area (Å²) in [6.45, 7) is 1.25. The first kappa shape index (κ1) is 21.4. The van der Waals surface area contributed by atoms with Crippen LogP contribution in [-0.4, -0.2) is 44.5 Å². The molecule has 9 heteroatoms. The number of amides is 1. The highest BCUT2D eigenvalue weighted by atomic mass is 127. The van der Waals surface area contributed by atoms with Crippen molar-refractivity contribution in [2.75, 3.05) is 37.9 Å². The molecule has 0 spiro atoms. The summed E-state index contributed by atoms with van der Waals surface area (Å²) in [5, 5.41) is 12.5. The molecular formula is C18H25IN6OS. The predicted molar refractivity (Wildman–Crippen MR) is 122 cm³/mol. The van der Waals surface area contributed by atoms with Crippen LogP contribution in [0.15, 0.2) is 34.6 Å². The van der Waals surface area contributed by atoms with Crippen LogP contribution in [0.2, 0.25) is 0 Å². The number of nitrogens with zero attached hydrogens (tertiary/aromatic N) is 3. The van der Waals surface area contributed by atoms with Crippen LogP contribution in [0.25, 0.3) is 0 Å². The number of para-hydroxylation sites is 1. The Balaban J connectivity index is 0.00000261. The Bertz CT molecular complexity index is 807. The quantitative estimate of drug-likeness (QED) is 0.334. The maximum absolute atomic E-state index is 11.9. The molecule has 1 aliphatic heterocycles. The van der Waals surface area contributed by atoms with Crippen molar-refractivity contribution in [3.63, 3.8) is 0 Å². The van der Waals surface area contributed by atoms with E-state index in [0.717, 1.165) is 22.1 Å². The number of aliphatic imine (C=N–C) groups is 1. The van der Waals surface area contributed by atoms with Gasteiger partial charge in [0.15, 0.2) is 11.1 Å². The number of benzene rings is 1. The molecule has 7 nitrogen and oxygen atoms in total. The molecule has 2 heterocycles. The highest BCUT2D eigenvalue weighted by Crippen LogP contribution is 2.31. The molecule has 1 atom stereocenters. The van der Waals surface area contributed by atoms with E-state index in [2.05, 4.69) is 32.0 Å². The summed E-state index contributed by atoms with van der Waals surface area (Å²) >= 11 is 1.62. The lowest BCUT2D eigenvalue weighted by atomic mass is 9.90. The molecule has 1 amide bonds. The number of nitrogens with one attached hydrogen (secondary N) is 3. The molecule has 1 aromatic carbocycles. The molecule has 3 N–H and O–H groups in total. The second-order valence-corrected chi connectivity index (χ2v) is 7.20. The molecule has 3 rings (SSSR count). The van der Waals surface area contributed by atoms with Crippen molar-refractivity contribution in [1.82, 2.24) is 15.6 Å².